The van der Waals surface area contributed by atoms with Crippen LogP contribution in [-0.2, 0) is 9.53 Å². The van der Waals surface area contributed by atoms with Crippen molar-refractivity contribution in [2.24, 2.45) is 5.92 Å². The molecule has 0 saturated carbocycles. The molecular weight excluding hydrogens is 371 g/mol. The average Bonchev–Trinajstić information content (AvgIpc) is 2.75. The largest absolute Gasteiger partial charge is 0.394 e. The van der Waals surface area contributed by atoms with Crippen LogP contribution < -0.4 is 0 Å². The Kier molecular flexibility index (Phi) is 5.61. The molecule has 29 heavy (non-hydrogen) atoms. The van der Waals surface area contributed by atoms with Gasteiger partial charge >= 0.3 is 0 Å². The number of likely N-dealkylation sites (tertiary alicyclic amines) is 1. The zero-order chi connectivity index (χ0) is 20.4. The summed E-state index contributed by atoms with van der Waals surface area (Å²) >= 11 is 0. The lowest BCUT2D eigenvalue weighted by molar-refractivity contribution is -0.154. The minimum absolute atomic E-state index is 0.0986. The molecule has 150 valence electrons. The second-order valence-corrected chi connectivity index (χ2v) is 7.55. The van der Waals surface area contributed by atoms with Gasteiger partial charge in [-0.2, -0.15) is 5.26 Å². The molecule has 1 amide bonds. The Morgan fingerprint density at radius 2 is 1.79 bits per heavy atom. The molecule has 0 unspecified atom stereocenters. The van der Waals surface area contributed by atoms with E-state index in [4.69, 9.17) is 4.74 Å². The highest BCUT2D eigenvalue weighted by atomic mass is 19.1. The van der Waals surface area contributed by atoms with Crippen molar-refractivity contribution in [1.29, 1.82) is 5.26 Å². The number of aliphatic hydroxyl groups excluding tert-OH is 1. The summed E-state index contributed by atoms with van der Waals surface area (Å²) in [7, 11) is 0. The molecule has 3 atom stereocenters. The maximum Gasteiger partial charge on any atom is 0.227 e. The molecule has 0 aliphatic carbocycles. The monoisotopic (exact) mass is 394 g/mol. The van der Waals surface area contributed by atoms with Crippen LogP contribution in [0.2, 0.25) is 0 Å². The number of aliphatic hydroxyl groups is 1. The number of halogens is 1. The van der Waals surface area contributed by atoms with Crippen LogP contribution in [0.3, 0.4) is 0 Å². The summed E-state index contributed by atoms with van der Waals surface area (Å²) in [5.41, 5.74) is 1.91. The maximum atomic E-state index is 14.5. The first-order valence-corrected chi connectivity index (χ1v) is 9.91. The van der Waals surface area contributed by atoms with E-state index in [1.54, 1.807) is 18.2 Å². The highest BCUT2D eigenvalue weighted by Gasteiger charge is 2.53. The van der Waals surface area contributed by atoms with Crippen LogP contribution in [0.4, 0.5) is 4.39 Å². The molecule has 0 bridgehead atoms. The van der Waals surface area contributed by atoms with Crippen molar-refractivity contribution in [2.45, 2.75) is 30.8 Å². The number of amides is 1. The van der Waals surface area contributed by atoms with E-state index >= 15 is 0 Å². The smallest absolute Gasteiger partial charge is 0.227 e. The van der Waals surface area contributed by atoms with E-state index in [2.05, 4.69) is 6.07 Å². The first kappa shape index (κ1) is 19.6. The molecule has 2 aromatic carbocycles. The summed E-state index contributed by atoms with van der Waals surface area (Å²) in [4.78, 5) is 14.6. The Morgan fingerprint density at radius 1 is 1.14 bits per heavy atom. The number of rotatable bonds is 4. The molecule has 0 radical (unpaired) electrons. The van der Waals surface area contributed by atoms with Gasteiger partial charge in [-0.25, -0.2) is 4.39 Å². The van der Waals surface area contributed by atoms with E-state index in [1.807, 2.05) is 24.3 Å². The third kappa shape index (κ3) is 3.41. The highest BCUT2D eigenvalue weighted by molar-refractivity contribution is 5.82. The number of hydrogen-bond acceptors (Lipinski definition) is 4. The van der Waals surface area contributed by atoms with Gasteiger partial charge in [-0.05, 0) is 30.0 Å². The Hall–Kier alpha value is -2.75. The zero-order valence-electron chi connectivity index (χ0n) is 16.0. The lowest BCUT2D eigenvalue weighted by Gasteiger charge is -2.53. The van der Waals surface area contributed by atoms with E-state index in [9.17, 15) is 19.6 Å². The van der Waals surface area contributed by atoms with Crippen LogP contribution in [0.25, 0.3) is 11.1 Å². The highest BCUT2D eigenvalue weighted by Crippen LogP contribution is 2.45. The number of nitrogens with zero attached hydrogens (tertiary/aromatic N) is 2. The average molecular weight is 394 g/mol. The van der Waals surface area contributed by atoms with Gasteiger partial charge in [-0.15, -0.1) is 0 Å². The maximum absolute atomic E-state index is 14.5. The fourth-order valence-electron chi connectivity index (χ4n) is 4.55. The van der Waals surface area contributed by atoms with Crippen LogP contribution in [0.5, 0.6) is 0 Å². The number of carbonyl (C=O) groups excluding carboxylic acids is 1. The normalized spacial score (nSPS) is 24.6. The molecule has 2 aliphatic heterocycles. The summed E-state index contributed by atoms with van der Waals surface area (Å²) in [6.07, 6.45) is 1.25. The van der Waals surface area contributed by atoms with Gasteiger partial charge in [0.25, 0.3) is 0 Å². The van der Waals surface area contributed by atoms with Gasteiger partial charge < -0.3 is 14.7 Å². The van der Waals surface area contributed by atoms with E-state index in [1.165, 1.54) is 11.0 Å². The number of hydrogen-bond donors (Lipinski definition) is 1. The number of nitriles is 1. The molecule has 4 rings (SSSR count). The molecule has 2 saturated heterocycles. The Morgan fingerprint density at radius 3 is 2.45 bits per heavy atom. The van der Waals surface area contributed by atoms with Crippen molar-refractivity contribution in [3.8, 4) is 17.2 Å². The van der Waals surface area contributed by atoms with Gasteiger partial charge in [0.1, 0.15) is 11.9 Å². The van der Waals surface area contributed by atoms with Gasteiger partial charge in [0.05, 0.1) is 18.7 Å². The van der Waals surface area contributed by atoms with Crippen LogP contribution in [-0.4, -0.2) is 47.8 Å². The second-order valence-electron chi connectivity index (χ2n) is 7.55. The first-order valence-electron chi connectivity index (χ1n) is 9.91. The summed E-state index contributed by atoms with van der Waals surface area (Å²) in [6.45, 7) is 0.818. The molecule has 1 N–H and O–H groups in total. The van der Waals surface area contributed by atoms with Crippen LogP contribution >= 0.6 is 0 Å². The molecule has 2 aliphatic rings. The summed E-state index contributed by atoms with van der Waals surface area (Å²) in [5.74, 6) is -0.997. The molecule has 0 spiro atoms. The first-order chi connectivity index (χ1) is 14.2. The minimum atomic E-state index is -0.685. The van der Waals surface area contributed by atoms with E-state index in [-0.39, 0.29) is 30.2 Å². The van der Waals surface area contributed by atoms with Gasteiger partial charge in [0, 0.05) is 30.6 Å². The zero-order valence-corrected chi connectivity index (χ0v) is 16.0. The summed E-state index contributed by atoms with van der Waals surface area (Å²) in [6, 6.07) is 14.9. The SMILES string of the molecule is N#C[C@H]1[C@H](c2ccccc2-c2ccccc2F)[C@H](CO)N1C(=O)C1CCOCC1. The van der Waals surface area contributed by atoms with Crippen LogP contribution in [0.1, 0.15) is 24.3 Å². The standard InChI is InChI=1S/C23H23FN2O3/c24-19-8-4-3-6-17(19)16-5-1-2-7-18(16)22-20(13-25)26(21(22)14-27)23(28)15-9-11-29-12-10-15/h1-8,15,20-22,27H,9-12,14H2/t20-,21-,22-/m0/s1. The Bertz CT molecular complexity index is 936. The van der Waals surface area contributed by atoms with Crippen LogP contribution in [0, 0.1) is 23.1 Å². The lowest BCUT2D eigenvalue weighted by atomic mass is 9.72. The van der Waals surface area contributed by atoms with E-state index < -0.39 is 12.1 Å². The molecular formula is C23H23FN2O3. The quantitative estimate of drug-likeness (QED) is 0.865. The summed E-state index contributed by atoms with van der Waals surface area (Å²) < 4.78 is 19.8. The minimum Gasteiger partial charge on any atom is -0.394 e. The Balaban J connectivity index is 1.69. The topological polar surface area (TPSA) is 73.6 Å². The van der Waals surface area contributed by atoms with E-state index in [0.717, 1.165) is 5.56 Å². The van der Waals surface area contributed by atoms with Crippen LogP contribution in [0.15, 0.2) is 48.5 Å². The van der Waals surface area contributed by atoms with Gasteiger partial charge in [-0.1, -0.05) is 42.5 Å². The lowest BCUT2D eigenvalue weighted by Crippen LogP contribution is -2.66. The molecule has 0 aromatic heterocycles. The molecule has 2 aromatic rings. The Labute approximate surface area is 169 Å². The number of benzene rings is 2. The predicted molar refractivity (Wildman–Crippen MR) is 105 cm³/mol. The fourth-order valence-corrected chi connectivity index (χ4v) is 4.55. The van der Waals surface area contributed by atoms with Crippen molar-refractivity contribution in [3.05, 3.63) is 59.9 Å². The van der Waals surface area contributed by atoms with Crippen molar-refractivity contribution < 1.29 is 19.0 Å². The molecule has 2 fully saturated rings. The van der Waals surface area contributed by atoms with Gasteiger partial charge in [-0.3, -0.25) is 4.79 Å². The molecule has 5 nitrogen and oxygen atoms in total. The van der Waals surface area contributed by atoms with E-state index in [0.29, 0.717) is 37.2 Å². The fraction of sp³-hybridized carbons (Fsp3) is 0.391. The van der Waals surface area contributed by atoms with Crippen molar-refractivity contribution in [1.82, 2.24) is 4.90 Å². The molecule has 6 heteroatoms. The third-order valence-electron chi connectivity index (χ3n) is 6.04. The van der Waals surface area contributed by atoms with Crippen molar-refractivity contribution in [2.75, 3.05) is 19.8 Å². The van der Waals surface area contributed by atoms with Gasteiger partial charge in [0.15, 0.2) is 0 Å². The van der Waals surface area contributed by atoms with Gasteiger partial charge in [0.2, 0.25) is 5.91 Å². The van der Waals surface area contributed by atoms with Crippen molar-refractivity contribution in [3.63, 3.8) is 0 Å². The molecule has 2 heterocycles. The summed E-state index contributed by atoms with van der Waals surface area (Å²) in [5, 5.41) is 19.9. The predicted octanol–water partition coefficient (Wildman–Crippen LogP) is 3.10. The number of carbonyl (C=O) groups is 1. The third-order valence-corrected chi connectivity index (χ3v) is 6.04. The second kappa shape index (κ2) is 8.32. The number of ether oxygens (including phenoxy) is 1. The van der Waals surface area contributed by atoms with Crippen molar-refractivity contribution >= 4 is 5.91 Å².